The molecule has 0 aromatic heterocycles. The number of hydrogen-bond acceptors (Lipinski definition) is 5. The number of ketones is 1. The maximum Gasteiger partial charge on any atom is 0.295 e. The van der Waals surface area contributed by atoms with Gasteiger partial charge in [-0.25, -0.2) is 4.39 Å². The van der Waals surface area contributed by atoms with Crippen LogP contribution in [0.15, 0.2) is 72.3 Å². The van der Waals surface area contributed by atoms with Gasteiger partial charge < -0.3 is 19.8 Å². The lowest BCUT2D eigenvalue weighted by atomic mass is 9.94. The minimum atomic E-state index is -0.891. The molecule has 1 atom stereocenters. The quantitative estimate of drug-likeness (QED) is 0.311. The number of amides is 1. The lowest BCUT2D eigenvalue weighted by Crippen LogP contribution is -2.29. The van der Waals surface area contributed by atoms with Crippen molar-refractivity contribution in [1.29, 1.82) is 0 Å². The highest BCUT2D eigenvalue weighted by molar-refractivity contribution is 6.46. The predicted molar refractivity (Wildman–Crippen MR) is 125 cm³/mol. The smallest absolute Gasteiger partial charge is 0.295 e. The predicted octanol–water partition coefficient (Wildman–Crippen LogP) is 4.86. The molecule has 0 aliphatic carbocycles. The standard InChI is InChI=1S/C27H24FNO5/c1-3-34-22-13-8-19(14-16(22)2)25(31)23-24(18-6-11-21(30)12-7-18)29(27(33)26(23)32)15-17-4-9-20(28)10-5-17/h4-14,24,30-31H,3,15H2,1-2H3/b25-23-. The van der Waals surface area contributed by atoms with E-state index in [1.807, 2.05) is 13.8 Å². The Hall–Kier alpha value is -4.13. The summed E-state index contributed by atoms with van der Waals surface area (Å²) in [6.07, 6.45) is 0. The second-order valence-corrected chi connectivity index (χ2v) is 8.06. The van der Waals surface area contributed by atoms with Crippen molar-refractivity contribution < 1.29 is 28.9 Å². The van der Waals surface area contributed by atoms with E-state index >= 15 is 0 Å². The molecule has 1 amide bonds. The molecule has 34 heavy (non-hydrogen) atoms. The van der Waals surface area contributed by atoms with E-state index < -0.39 is 23.5 Å². The highest BCUT2D eigenvalue weighted by atomic mass is 19.1. The van der Waals surface area contributed by atoms with Crippen LogP contribution < -0.4 is 4.74 Å². The molecule has 2 N–H and O–H groups in total. The van der Waals surface area contributed by atoms with Gasteiger partial charge in [-0.15, -0.1) is 0 Å². The largest absolute Gasteiger partial charge is 0.508 e. The molecule has 0 radical (unpaired) electrons. The van der Waals surface area contributed by atoms with Crippen LogP contribution in [0.2, 0.25) is 0 Å². The van der Waals surface area contributed by atoms with E-state index in [-0.39, 0.29) is 23.6 Å². The summed E-state index contributed by atoms with van der Waals surface area (Å²) in [6, 6.07) is 15.9. The van der Waals surface area contributed by atoms with Crippen molar-refractivity contribution in [2.24, 2.45) is 0 Å². The summed E-state index contributed by atoms with van der Waals surface area (Å²) in [4.78, 5) is 27.5. The van der Waals surface area contributed by atoms with Crippen LogP contribution in [0.1, 0.15) is 35.2 Å². The number of ether oxygens (including phenoxy) is 1. The van der Waals surface area contributed by atoms with E-state index in [9.17, 15) is 24.2 Å². The van der Waals surface area contributed by atoms with Gasteiger partial charge in [-0.3, -0.25) is 9.59 Å². The van der Waals surface area contributed by atoms with E-state index in [0.717, 1.165) is 5.56 Å². The van der Waals surface area contributed by atoms with Crippen LogP contribution in [0.25, 0.3) is 5.76 Å². The third-order valence-corrected chi connectivity index (χ3v) is 5.76. The maximum atomic E-state index is 13.4. The maximum absolute atomic E-state index is 13.4. The summed E-state index contributed by atoms with van der Waals surface area (Å²) in [5.74, 6) is -1.61. The number of phenolic OH excluding ortho intramolecular Hbond substituents is 1. The van der Waals surface area contributed by atoms with Crippen molar-refractivity contribution in [3.63, 3.8) is 0 Å². The van der Waals surface area contributed by atoms with Crippen LogP contribution in [-0.2, 0) is 16.1 Å². The zero-order valence-electron chi connectivity index (χ0n) is 18.8. The number of phenols is 1. The zero-order valence-corrected chi connectivity index (χ0v) is 18.8. The van der Waals surface area contributed by atoms with Crippen LogP contribution in [0.5, 0.6) is 11.5 Å². The number of benzene rings is 3. The summed E-state index contributed by atoms with van der Waals surface area (Å²) in [5.41, 5.74) is 2.27. The van der Waals surface area contributed by atoms with Crippen LogP contribution in [0.3, 0.4) is 0 Å². The van der Waals surface area contributed by atoms with Crippen LogP contribution >= 0.6 is 0 Å². The van der Waals surface area contributed by atoms with Crippen molar-refractivity contribution in [3.05, 3.63) is 100 Å². The topological polar surface area (TPSA) is 87.1 Å². The molecule has 4 rings (SSSR count). The molecule has 1 saturated heterocycles. The van der Waals surface area contributed by atoms with Gasteiger partial charge in [-0.1, -0.05) is 24.3 Å². The number of nitrogens with zero attached hydrogens (tertiary/aromatic N) is 1. The molecule has 7 heteroatoms. The van der Waals surface area contributed by atoms with Crippen molar-refractivity contribution in [1.82, 2.24) is 4.90 Å². The Morgan fingerprint density at radius 2 is 1.71 bits per heavy atom. The Morgan fingerprint density at radius 3 is 2.32 bits per heavy atom. The normalized spacial score (nSPS) is 17.3. The lowest BCUT2D eigenvalue weighted by molar-refractivity contribution is -0.140. The molecule has 0 spiro atoms. The number of aryl methyl sites for hydroxylation is 1. The summed E-state index contributed by atoms with van der Waals surface area (Å²) in [7, 11) is 0. The zero-order chi connectivity index (χ0) is 24.4. The molecule has 0 bridgehead atoms. The van der Waals surface area contributed by atoms with Gasteiger partial charge in [0.2, 0.25) is 0 Å². The lowest BCUT2D eigenvalue weighted by Gasteiger charge is -2.25. The average molecular weight is 461 g/mol. The highest BCUT2D eigenvalue weighted by Crippen LogP contribution is 2.41. The third-order valence-electron chi connectivity index (χ3n) is 5.76. The number of halogens is 1. The SMILES string of the molecule is CCOc1ccc(/C(O)=C2/C(=O)C(=O)N(Cc3ccc(F)cc3)C2c2ccc(O)cc2)cc1C. The second kappa shape index (κ2) is 9.39. The first-order valence-electron chi connectivity index (χ1n) is 10.9. The van der Waals surface area contributed by atoms with Crippen molar-refractivity contribution in [2.45, 2.75) is 26.4 Å². The van der Waals surface area contributed by atoms with Crippen LogP contribution in [0.4, 0.5) is 4.39 Å². The number of hydrogen-bond donors (Lipinski definition) is 2. The Kier molecular flexibility index (Phi) is 6.36. The fraction of sp³-hybridized carbons (Fsp3) is 0.185. The average Bonchev–Trinajstić information content (AvgIpc) is 3.07. The van der Waals surface area contributed by atoms with Gasteiger partial charge >= 0.3 is 0 Å². The summed E-state index contributed by atoms with van der Waals surface area (Å²) in [6.45, 7) is 4.22. The van der Waals surface area contributed by atoms with E-state index in [4.69, 9.17) is 4.74 Å². The van der Waals surface area contributed by atoms with Gasteiger partial charge in [0.1, 0.15) is 23.1 Å². The molecule has 1 aliphatic rings. The summed E-state index contributed by atoms with van der Waals surface area (Å²) < 4.78 is 18.9. The van der Waals surface area contributed by atoms with Gasteiger partial charge in [0.15, 0.2) is 0 Å². The first-order chi connectivity index (χ1) is 16.3. The van der Waals surface area contributed by atoms with Gasteiger partial charge in [-0.2, -0.15) is 0 Å². The summed E-state index contributed by atoms with van der Waals surface area (Å²) in [5, 5.41) is 20.9. The van der Waals surface area contributed by atoms with Crippen LogP contribution in [0, 0.1) is 12.7 Å². The van der Waals surface area contributed by atoms with Gasteiger partial charge in [0, 0.05) is 12.1 Å². The first kappa shape index (κ1) is 23.0. The number of carbonyl (C=O) groups is 2. The Bertz CT molecular complexity index is 1270. The van der Waals surface area contributed by atoms with E-state index in [2.05, 4.69) is 0 Å². The minimum absolute atomic E-state index is 0.0290. The Morgan fingerprint density at radius 1 is 1.03 bits per heavy atom. The van der Waals surface area contributed by atoms with Gasteiger partial charge in [0.25, 0.3) is 11.7 Å². The van der Waals surface area contributed by atoms with E-state index in [0.29, 0.717) is 29.0 Å². The number of aromatic hydroxyl groups is 1. The van der Waals surface area contributed by atoms with Gasteiger partial charge in [0.05, 0.1) is 18.2 Å². The molecule has 6 nitrogen and oxygen atoms in total. The van der Waals surface area contributed by atoms with Crippen molar-refractivity contribution >= 4 is 17.4 Å². The fourth-order valence-electron chi connectivity index (χ4n) is 4.10. The number of aliphatic hydroxyl groups excluding tert-OH is 1. The van der Waals surface area contributed by atoms with E-state index in [1.165, 1.54) is 29.2 Å². The summed E-state index contributed by atoms with van der Waals surface area (Å²) >= 11 is 0. The molecular weight excluding hydrogens is 437 g/mol. The monoisotopic (exact) mass is 461 g/mol. The number of Topliss-reactive ketones (excluding diaryl/α,β-unsaturated/α-hetero) is 1. The number of aliphatic hydroxyl groups is 1. The molecular formula is C27H24FNO5. The molecule has 3 aromatic carbocycles. The molecule has 0 saturated carbocycles. The van der Waals surface area contributed by atoms with E-state index in [1.54, 1.807) is 42.5 Å². The molecule has 1 unspecified atom stereocenters. The number of likely N-dealkylation sites (tertiary alicyclic amines) is 1. The van der Waals surface area contributed by atoms with Crippen molar-refractivity contribution in [2.75, 3.05) is 6.61 Å². The highest BCUT2D eigenvalue weighted by Gasteiger charge is 2.46. The second-order valence-electron chi connectivity index (χ2n) is 8.06. The molecule has 1 aliphatic heterocycles. The molecule has 1 fully saturated rings. The first-order valence-corrected chi connectivity index (χ1v) is 10.9. The van der Waals surface area contributed by atoms with Gasteiger partial charge in [-0.05, 0) is 73.0 Å². The number of rotatable bonds is 6. The fourth-order valence-corrected chi connectivity index (χ4v) is 4.10. The van der Waals surface area contributed by atoms with Crippen LogP contribution in [-0.4, -0.2) is 33.4 Å². The molecule has 174 valence electrons. The molecule has 3 aromatic rings. The van der Waals surface area contributed by atoms with Crippen molar-refractivity contribution in [3.8, 4) is 11.5 Å². The Labute approximate surface area is 196 Å². The minimum Gasteiger partial charge on any atom is -0.508 e. The molecule has 1 heterocycles. The Balaban J connectivity index is 1.83. The number of carbonyl (C=O) groups excluding carboxylic acids is 2. The third kappa shape index (κ3) is 4.37.